The van der Waals surface area contributed by atoms with Crippen LogP contribution in [0.2, 0.25) is 0 Å². The molecule has 1 unspecified atom stereocenters. The highest BCUT2D eigenvalue weighted by molar-refractivity contribution is 5.96. The van der Waals surface area contributed by atoms with Gasteiger partial charge in [-0.25, -0.2) is 0 Å². The van der Waals surface area contributed by atoms with Gasteiger partial charge in [0.25, 0.3) is 11.6 Å². The van der Waals surface area contributed by atoms with Crippen molar-refractivity contribution in [2.75, 3.05) is 13.1 Å². The summed E-state index contributed by atoms with van der Waals surface area (Å²) < 4.78 is 0. The first-order valence-corrected chi connectivity index (χ1v) is 7.58. The van der Waals surface area contributed by atoms with Crippen LogP contribution in [0, 0.1) is 22.5 Å². The normalized spacial score (nSPS) is 19.5. The summed E-state index contributed by atoms with van der Waals surface area (Å²) >= 11 is 0. The number of amides is 1. The van der Waals surface area contributed by atoms with E-state index in [4.69, 9.17) is 0 Å². The number of halogens is 1. The average Bonchev–Trinajstić information content (AvgIpc) is 2.45. The summed E-state index contributed by atoms with van der Waals surface area (Å²) in [5, 5.41) is 17.2. The standard InChI is InChI=1S/C16H23N3O3.ClH/c1-11-5-6-12(19(21)22)9-13(11)15(20)18-10-14-16(2,3)7-4-8-17-14;/h5-6,9,14,17H,4,7-8,10H2,1-3H3,(H,18,20);1H. The highest BCUT2D eigenvalue weighted by Gasteiger charge is 2.32. The highest BCUT2D eigenvalue weighted by atomic mass is 35.5. The third-order valence-electron chi connectivity index (χ3n) is 4.48. The average molecular weight is 342 g/mol. The first-order valence-electron chi connectivity index (χ1n) is 7.58. The van der Waals surface area contributed by atoms with Gasteiger partial charge in [-0.15, -0.1) is 12.4 Å². The fourth-order valence-electron chi connectivity index (χ4n) is 2.88. The predicted molar refractivity (Wildman–Crippen MR) is 92.2 cm³/mol. The summed E-state index contributed by atoms with van der Waals surface area (Å²) in [5.41, 5.74) is 1.16. The molecule has 1 aliphatic rings. The maximum atomic E-state index is 12.3. The smallest absolute Gasteiger partial charge is 0.270 e. The molecular weight excluding hydrogens is 318 g/mol. The summed E-state index contributed by atoms with van der Waals surface area (Å²) in [6.45, 7) is 7.64. The number of benzene rings is 1. The molecule has 6 nitrogen and oxygen atoms in total. The van der Waals surface area contributed by atoms with E-state index < -0.39 is 4.92 Å². The Hall–Kier alpha value is -1.66. The molecule has 2 rings (SSSR count). The van der Waals surface area contributed by atoms with Gasteiger partial charge in [0.15, 0.2) is 0 Å². The molecule has 128 valence electrons. The quantitative estimate of drug-likeness (QED) is 0.651. The number of carbonyl (C=O) groups excluding carboxylic acids is 1. The zero-order valence-electron chi connectivity index (χ0n) is 13.7. The van der Waals surface area contributed by atoms with E-state index in [9.17, 15) is 14.9 Å². The minimum absolute atomic E-state index is 0. The molecule has 0 radical (unpaired) electrons. The number of nitrogens with zero attached hydrogens (tertiary/aromatic N) is 1. The molecule has 1 heterocycles. The number of aryl methyl sites for hydroxylation is 1. The summed E-state index contributed by atoms with van der Waals surface area (Å²) in [7, 11) is 0. The fourth-order valence-corrected chi connectivity index (χ4v) is 2.88. The van der Waals surface area contributed by atoms with Crippen LogP contribution < -0.4 is 10.6 Å². The lowest BCUT2D eigenvalue weighted by atomic mass is 9.77. The van der Waals surface area contributed by atoms with Crippen molar-refractivity contribution in [3.05, 3.63) is 39.4 Å². The van der Waals surface area contributed by atoms with Crippen molar-refractivity contribution >= 4 is 24.0 Å². The van der Waals surface area contributed by atoms with E-state index >= 15 is 0 Å². The number of piperidine rings is 1. The van der Waals surface area contributed by atoms with E-state index in [2.05, 4.69) is 24.5 Å². The van der Waals surface area contributed by atoms with Gasteiger partial charge in [0.1, 0.15) is 0 Å². The molecule has 1 amide bonds. The molecule has 1 atom stereocenters. The number of nitro groups is 1. The van der Waals surface area contributed by atoms with E-state index in [0.717, 1.165) is 24.9 Å². The summed E-state index contributed by atoms with van der Waals surface area (Å²) in [4.78, 5) is 22.7. The zero-order chi connectivity index (χ0) is 16.3. The second-order valence-electron chi connectivity index (χ2n) is 6.57. The van der Waals surface area contributed by atoms with Crippen LogP contribution in [0.25, 0.3) is 0 Å². The lowest BCUT2D eigenvalue weighted by Crippen LogP contribution is -2.52. The Morgan fingerprint density at radius 1 is 1.48 bits per heavy atom. The van der Waals surface area contributed by atoms with Gasteiger partial charge in [0, 0.05) is 30.3 Å². The predicted octanol–water partition coefficient (Wildman–Crippen LogP) is 2.83. The van der Waals surface area contributed by atoms with E-state index in [1.807, 2.05) is 0 Å². The van der Waals surface area contributed by atoms with Crippen molar-refractivity contribution in [2.45, 2.75) is 39.7 Å². The molecule has 1 saturated heterocycles. The molecule has 0 spiro atoms. The first kappa shape index (κ1) is 19.4. The van der Waals surface area contributed by atoms with Crippen LogP contribution in [0.1, 0.15) is 42.6 Å². The number of nitro benzene ring substituents is 1. The Morgan fingerprint density at radius 2 is 2.17 bits per heavy atom. The number of non-ortho nitro benzene ring substituents is 1. The monoisotopic (exact) mass is 341 g/mol. The molecule has 1 aromatic carbocycles. The van der Waals surface area contributed by atoms with Gasteiger partial charge in [0.2, 0.25) is 0 Å². The molecule has 2 N–H and O–H groups in total. The van der Waals surface area contributed by atoms with Crippen LogP contribution in [0.15, 0.2) is 18.2 Å². The van der Waals surface area contributed by atoms with Crippen molar-refractivity contribution in [3.63, 3.8) is 0 Å². The lowest BCUT2D eigenvalue weighted by molar-refractivity contribution is -0.384. The Kier molecular flexibility index (Phi) is 6.53. The van der Waals surface area contributed by atoms with Crippen molar-refractivity contribution in [1.29, 1.82) is 0 Å². The largest absolute Gasteiger partial charge is 0.350 e. The summed E-state index contributed by atoms with van der Waals surface area (Å²) in [5.74, 6) is -0.260. The van der Waals surface area contributed by atoms with Crippen molar-refractivity contribution < 1.29 is 9.72 Å². The molecule has 1 fully saturated rings. The van der Waals surface area contributed by atoms with E-state index in [1.165, 1.54) is 12.1 Å². The highest BCUT2D eigenvalue weighted by Crippen LogP contribution is 2.29. The lowest BCUT2D eigenvalue weighted by Gasteiger charge is -2.39. The van der Waals surface area contributed by atoms with Gasteiger partial charge >= 0.3 is 0 Å². The second-order valence-corrected chi connectivity index (χ2v) is 6.57. The van der Waals surface area contributed by atoms with Gasteiger partial charge in [-0.05, 0) is 37.3 Å². The van der Waals surface area contributed by atoms with Crippen LogP contribution in [0.5, 0.6) is 0 Å². The number of hydrogen-bond donors (Lipinski definition) is 2. The number of nitrogens with one attached hydrogen (secondary N) is 2. The van der Waals surface area contributed by atoms with E-state index in [-0.39, 0.29) is 35.5 Å². The molecule has 0 aliphatic carbocycles. The zero-order valence-corrected chi connectivity index (χ0v) is 14.5. The molecule has 23 heavy (non-hydrogen) atoms. The maximum Gasteiger partial charge on any atom is 0.270 e. The van der Waals surface area contributed by atoms with Crippen molar-refractivity contribution in [2.24, 2.45) is 5.41 Å². The third kappa shape index (κ3) is 4.65. The Morgan fingerprint density at radius 3 is 2.78 bits per heavy atom. The minimum Gasteiger partial charge on any atom is -0.350 e. The molecule has 1 aliphatic heterocycles. The van der Waals surface area contributed by atoms with Gasteiger partial charge in [-0.1, -0.05) is 19.9 Å². The maximum absolute atomic E-state index is 12.3. The topological polar surface area (TPSA) is 84.3 Å². The molecule has 1 aromatic rings. The van der Waals surface area contributed by atoms with Crippen LogP contribution in [-0.2, 0) is 0 Å². The molecular formula is C16H24ClN3O3. The molecule has 0 saturated carbocycles. The van der Waals surface area contributed by atoms with Crippen LogP contribution >= 0.6 is 12.4 Å². The molecule has 0 aromatic heterocycles. The minimum atomic E-state index is -0.484. The van der Waals surface area contributed by atoms with E-state index in [0.29, 0.717) is 12.1 Å². The van der Waals surface area contributed by atoms with Gasteiger partial charge < -0.3 is 10.6 Å². The first-order chi connectivity index (χ1) is 10.3. The Bertz CT molecular complexity index is 590. The van der Waals surface area contributed by atoms with Crippen LogP contribution in [0.4, 0.5) is 5.69 Å². The second kappa shape index (κ2) is 7.75. The molecule has 7 heteroatoms. The third-order valence-corrected chi connectivity index (χ3v) is 4.48. The number of rotatable bonds is 4. The molecule has 0 bridgehead atoms. The Balaban J connectivity index is 0.00000264. The number of hydrogen-bond acceptors (Lipinski definition) is 4. The van der Waals surface area contributed by atoms with Crippen molar-refractivity contribution in [1.82, 2.24) is 10.6 Å². The summed E-state index contributed by atoms with van der Waals surface area (Å²) in [6, 6.07) is 4.57. The Labute approximate surface area is 142 Å². The SMILES string of the molecule is Cc1ccc([N+](=O)[O-])cc1C(=O)NCC1NCCCC1(C)C.Cl. The van der Waals surface area contributed by atoms with Gasteiger partial charge in [-0.2, -0.15) is 0 Å². The van der Waals surface area contributed by atoms with Crippen LogP contribution in [-0.4, -0.2) is 30.0 Å². The summed E-state index contributed by atoms with van der Waals surface area (Å²) in [6.07, 6.45) is 2.26. The van der Waals surface area contributed by atoms with Gasteiger partial charge in [0.05, 0.1) is 4.92 Å². The van der Waals surface area contributed by atoms with E-state index in [1.54, 1.807) is 13.0 Å². The van der Waals surface area contributed by atoms with Crippen LogP contribution in [0.3, 0.4) is 0 Å². The van der Waals surface area contributed by atoms with Crippen molar-refractivity contribution in [3.8, 4) is 0 Å². The fraction of sp³-hybridized carbons (Fsp3) is 0.562. The van der Waals surface area contributed by atoms with Gasteiger partial charge in [-0.3, -0.25) is 14.9 Å². The number of carbonyl (C=O) groups is 1.